The van der Waals surface area contributed by atoms with E-state index in [1.165, 1.54) is 5.69 Å². The number of halogens is 20. The number of nitrogens with zero attached hydrogens (tertiary/aromatic N) is 1. The van der Waals surface area contributed by atoms with Gasteiger partial charge in [-0.2, -0.15) is 4.57 Å². The zero-order valence-corrected chi connectivity index (χ0v) is 31.0. The van der Waals surface area contributed by atoms with Gasteiger partial charge in [-0.05, 0) is 0 Å². The van der Waals surface area contributed by atoms with E-state index in [9.17, 15) is 57.5 Å². The Kier molecular flexibility index (Phi) is 13.4. The molecule has 0 saturated heterocycles. The molecule has 0 saturated carbocycles. The van der Waals surface area contributed by atoms with Crippen molar-refractivity contribution in [3.05, 3.63) is 182 Å². The molecule has 0 aliphatic carbocycles. The van der Waals surface area contributed by atoms with E-state index in [0.717, 1.165) is 5.56 Å². The van der Waals surface area contributed by atoms with Crippen LogP contribution in [-0.4, -0.2) is 11.9 Å². The highest BCUT2D eigenvalue weighted by molar-refractivity contribution is 7.20. The summed E-state index contributed by atoms with van der Waals surface area (Å²) >= 11 is 0. The van der Waals surface area contributed by atoms with Crippen LogP contribution in [-0.2, 0) is 6.54 Å². The van der Waals surface area contributed by atoms with Gasteiger partial charge in [0.05, 0.1) is 0 Å². The lowest BCUT2D eigenvalue weighted by molar-refractivity contribution is -0.691. The lowest BCUT2D eigenvalue weighted by atomic mass is 9.12. The third kappa shape index (κ3) is 7.63. The maximum absolute atomic E-state index is 15.4. The molecule has 0 bridgehead atoms. The van der Waals surface area contributed by atoms with Crippen LogP contribution in [0.1, 0.15) is 35.8 Å². The van der Waals surface area contributed by atoms with Gasteiger partial charge in [0.2, 0.25) is 12.3 Å². The molecule has 6 rings (SSSR count). The average molecular weight is 919 g/mol. The van der Waals surface area contributed by atoms with Gasteiger partial charge in [0.1, 0.15) is 52.7 Å². The molecule has 23 heteroatoms. The van der Waals surface area contributed by atoms with Gasteiger partial charge in [-0.15, -0.1) is 21.9 Å². The minimum absolute atomic E-state index is 0.147. The fourth-order valence-corrected chi connectivity index (χ4v) is 6.90. The van der Waals surface area contributed by atoms with Crippen LogP contribution in [0, 0.1) is 116 Å². The molecule has 0 aliphatic rings. The predicted molar refractivity (Wildman–Crippen MR) is 181 cm³/mol. The fraction of sp³-hybridized carbons (Fsp3) is 0.100. The minimum Gasteiger partial charge on any atom is -0.287 e. The second-order valence-corrected chi connectivity index (χ2v) is 13.5. The molecule has 0 fully saturated rings. The number of pyridine rings is 1. The lowest BCUT2D eigenvalue weighted by Crippen LogP contribution is -2.81. The largest absolute Gasteiger partial charge is 0.287 e. The summed E-state index contributed by atoms with van der Waals surface area (Å²) in [6, 6.07) is 15.5. The molecule has 0 N–H and O–H groups in total. The number of carbonyl (C=O) groups excluding carboxylic acids is 1. The van der Waals surface area contributed by atoms with Crippen molar-refractivity contribution in [1.82, 2.24) is 0 Å². The fourth-order valence-electron chi connectivity index (χ4n) is 6.90. The molecule has 6 aromatic rings. The maximum atomic E-state index is 15.4. The number of Topliss-reactive ketones (excluding diaryl/α,β-unsaturated/α-hetero) is 1. The molecule has 0 atom stereocenters. The Morgan fingerprint density at radius 3 is 0.921 bits per heavy atom. The Bertz CT molecular complexity index is 2440. The second-order valence-electron chi connectivity index (χ2n) is 13.5. The van der Waals surface area contributed by atoms with Crippen molar-refractivity contribution in [3.8, 4) is 0 Å². The smallest absolute Gasteiger partial charge is 0.227 e. The highest BCUT2D eigenvalue weighted by Gasteiger charge is 2.52. The molecule has 0 aliphatic heterocycles. The topological polar surface area (TPSA) is 20.9 Å². The van der Waals surface area contributed by atoms with Crippen molar-refractivity contribution in [2.45, 2.75) is 26.3 Å². The second kappa shape index (κ2) is 17.8. The van der Waals surface area contributed by atoms with Crippen molar-refractivity contribution >= 4 is 33.8 Å². The number of benzene rings is 5. The van der Waals surface area contributed by atoms with Crippen LogP contribution in [0.25, 0.3) is 0 Å². The normalized spacial score (nSPS) is 11.6. The summed E-state index contributed by atoms with van der Waals surface area (Å²) in [6.45, 7) is 4.68. The van der Waals surface area contributed by atoms with Crippen molar-refractivity contribution in [2.24, 2.45) is 0 Å². The predicted octanol–water partition coefficient (Wildman–Crippen LogP) is 8.83. The van der Waals surface area contributed by atoms with Crippen molar-refractivity contribution in [1.29, 1.82) is 0 Å². The van der Waals surface area contributed by atoms with Crippen LogP contribution >= 0.6 is 0 Å². The quantitative estimate of drug-likeness (QED) is 0.0374. The molecule has 0 amide bonds. The van der Waals surface area contributed by atoms with Gasteiger partial charge < -0.3 is 0 Å². The van der Waals surface area contributed by atoms with Crippen molar-refractivity contribution in [2.75, 3.05) is 0 Å². The third-order valence-electron chi connectivity index (χ3n) is 9.68. The summed E-state index contributed by atoms with van der Waals surface area (Å²) in [4.78, 5) is 12.2. The van der Waals surface area contributed by atoms with Crippen LogP contribution in [0.2, 0.25) is 0 Å². The van der Waals surface area contributed by atoms with E-state index >= 15 is 35.1 Å². The molecular formula is C40H18BF20NO. The zero-order valence-electron chi connectivity index (χ0n) is 31.0. The van der Waals surface area contributed by atoms with E-state index in [1.54, 1.807) is 0 Å². The van der Waals surface area contributed by atoms with Crippen LogP contribution in [0.15, 0.2) is 54.7 Å². The number of hydrogen-bond acceptors (Lipinski definition) is 1. The summed E-state index contributed by atoms with van der Waals surface area (Å²) in [5, 5.41) is 0. The summed E-state index contributed by atoms with van der Waals surface area (Å²) in [5.74, 6) is -70.8. The Hall–Kier alpha value is -6.42. The van der Waals surface area contributed by atoms with E-state index in [-0.39, 0.29) is 5.78 Å². The van der Waals surface area contributed by atoms with Gasteiger partial charge in [-0.1, -0.05) is 50.2 Å². The van der Waals surface area contributed by atoms with E-state index in [0.29, 0.717) is 12.5 Å². The highest BCUT2D eigenvalue weighted by Crippen LogP contribution is 2.31. The summed E-state index contributed by atoms with van der Waals surface area (Å²) in [5.41, 5.74) is -12.4. The first-order valence-corrected chi connectivity index (χ1v) is 17.2. The number of rotatable bonds is 8. The molecule has 0 unspecified atom stereocenters. The van der Waals surface area contributed by atoms with Crippen LogP contribution < -0.4 is 26.4 Å². The van der Waals surface area contributed by atoms with E-state index in [2.05, 4.69) is 19.9 Å². The standard InChI is InChI=1S/C24BF20.C16H18NO/c26-5-1(6(27)14(35)21(42)13(5)34)25(2-7(28)15(36)22(43)16(37)8(2)29,3-9(30)17(38)23(44)18(39)10(3)31)4-11(32)19(40)24(45)20(41)12(4)33;1-13(2)15-10-6-7-11-17(15)12-16(18)14-8-4-3-5-9-14/h;3-11,13H,12H2,1-2H3/q-1;+1. The summed E-state index contributed by atoms with van der Waals surface area (Å²) in [7, 11) is 0. The number of hydrogen-bond donors (Lipinski definition) is 0. The van der Waals surface area contributed by atoms with Gasteiger partial charge in [-0.3, -0.25) is 4.79 Å². The molecule has 332 valence electrons. The molecule has 0 radical (unpaired) electrons. The van der Waals surface area contributed by atoms with Crippen LogP contribution in [0.4, 0.5) is 87.8 Å². The van der Waals surface area contributed by atoms with Gasteiger partial charge in [0.15, 0.2) is 81.7 Å². The molecule has 63 heavy (non-hydrogen) atoms. The third-order valence-corrected chi connectivity index (χ3v) is 9.68. The first-order chi connectivity index (χ1) is 29.4. The Morgan fingerprint density at radius 2 is 0.651 bits per heavy atom. The Morgan fingerprint density at radius 1 is 0.397 bits per heavy atom. The van der Waals surface area contributed by atoms with Gasteiger partial charge in [-0.25, -0.2) is 87.8 Å². The monoisotopic (exact) mass is 919 g/mol. The Labute approximate surface area is 339 Å². The van der Waals surface area contributed by atoms with E-state index in [4.69, 9.17) is 0 Å². The maximum Gasteiger partial charge on any atom is 0.227 e. The van der Waals surface area contributed by atoms with E-state index < -0.39 is 144 Å². The molecule has 5 aromatic carbocycles. The molecular weight excluding hydrogens is 901 g/mol. The van der Waals surface area contributed by atoms with Crippen LogP contribution in [0.5, 0.6) is 0 Å². The number of carbonyl (C=O) groups is 1. The number of ketones is 1. The average Bonchev–Trinajstić information content (AvgIpc) is 3.26. The first kappa shape index (κ1) is 47.6. The van der Waals surface area contributed by atoms with Gasteiger partial charge >= 0.3 is 0 Å². The summed E-state index contributed by atoms with van der Waals surface area (Å²) in [6.07, 6.45) is -5.25. The lowest BCUT2D eigenvalue weighted by Gasteiger charge is -2.44. The minimum atomic E-state index is -7.22. The van der Waals surface area contributed by atoms with Gasteiger partial charge in [0, 0.05) is 23.6 Å². The first-order valence-electron chi connectivity index (χ1n) is 17.2. The zero-order chi connectivity index (χ0) is 47.3. The molecule has 1 aromatic heterocycles. The van der Waals surface area contributed by atoms with Crippen molar-refractivity contribution in [3.63, 3.8) is 0 Å². The highest BCUT2D eigenvalue weighted by atomic mass is 19.2. The SMILES string of the molecule is CC(C)c1cccc[n+]1CC(=O)c1ccccc1.Fc1c(F)c(F)c([B-](c2c(F)c(F)c(F)c(F)c2F)(c2c(F)c(F)c(F)c(F)c2F)c2c(F)c(F)c(F)c(F)c2F)c(F)c1F. The molecule has 1 heterocycles. The van der Waals surface area contributed by atoms with Gasteiger partial charge in [0.25, 0.3) is 0 Å². The summed E-state index contributed by atoms with van der Waals surface area (Å²) < 4.78 is 296. The van der Waals surface area contributed by atoms with E-state index in [1.807, 2.05) is 53.2 Å². The van der Waals surface area contributed by atoms with Crippen molar-refractivity contribution < 1.29 is 97.2 Å². The molecule has 0 spiro atoms. The number of aromatic nitrogens is 1. The van der Waals surface area contributed by atoms with Crippen LogP contribution in [0.3, 0.4) is 0 Å². The molecule has 2 nitrogen and oxygen atoms in total. The Balaban J connectivity index is 0.000000345.